The van der Waals surface area contributed by atoms with E-state index in [9.17, 15) is 24.3 Å². The van der Waals surface area contributed by atoms with E-state index in [1.807, 2.05) is 26.0 Å². The van der Waals surface area contributed by atoms with Crippen LogP contribution in [-0.4, -0.2) is 71.2 Å². The Morgan fingerprint density at radius 3 is 2.00 bits per heavy atom. The molecule has 0 bridgehead atoms. The predicted molar refractivity (Wildman–Crippen MR) is 167 cm³/mol. The van der Waals surface area contributed by atoms with E-state index in [4.69, 9.17) is 35.7 Å². The lowest BCUT2D eigenvalue weighted by atomic mass is 9.98. The van der Waals surface area contributed by atoms with Gasteiger partial charge in [-0.1, -0.05) is 25.4 Å². The summed E-state index contributed by atoms with van der Waals surface area (Å²) in [4.78, 5) is 51.4. The van der Waals surface area contributed by atoms with Crippen molar-refractivity contribution in [1.29, 1.82) is 0 Å². The number of carbonyl (C=O) groups is 4. The Labute approximate surface area is 273 Å². The second-order valence-electron chi connectivity index (χ2n) is 11.9. The van der Waals surface area contributed by atoms with Crippen LogP contribution in [0.15, 0.2) is 12.1 Å². The predicted octanol–water partition coefficient (Wildman–Crippen LogP) is 4.98. The molecule has 0 aliphatic carbocycles. The summed E-state index contributed by atoms with van der Waals surface area (Å²) in [5.74, 6) is -2.16. The minimum Gasteiger partial charge on any atom is -0.493 e. The van der Waals surface area contributed by atoms with E-state index in [0.717, 1.165) is 27.8 Å². The number of nitrogens with zero attached hydrogens (tertiary/aromatic N) is 2. The lowest BCUT2D eigenvalue weighted by Gasteiger charge is -2.24. The minimum atomic E-state index is -1.02. The summed E-state index contributed by atoms with van der Waals surface area (Å²) >= 11 is 6.76. The number of rotatable bonds is 14. The largest absolute Gasteiger partial charge is 0.493 e. The molecule has 4 rings (SSSR count). The lowest BCUT2D eigenvalue weighted by molar-refractivity contribution is -0.146. The monoisotopic (exact) mass is 660 g/mol. The van der Waals surface area contributed by atoms with Crippen molar-refractivity contribution in [1.82, 2.24) is 9.80 Å². The molecule has 3 unspecified atom stereocenters. The first-order chi connectivity index (χ1) is 21.8. The van der Waals surface area contributed by atoms with Gasteiger partial charge in [-0.2, -0.15) is 0 Å². The number of carboxylic acid groups (broad SMARTS) is 2. The van der Waals surface area contributed by atoms with Gasteiger partial charge in [0.2, 0.25) is 11.8 Å². The second kappa shape index (κ2) is 14.5. The van der Waals surface area contributed by atoms with Crippen LogP contribution in [0.3, 0.4) is 0 Å². The lowest BCUT2D eigenvalue weighted by Crippen LogP contribution is -2.31. The molecule has 2 heterocycles. The molecule has 2 N–H and O–H groups in total. The van der Waals surface area contributed by atoms with Crippen molar-refractivity contribution in [2.24, 2.45) is 11.8 Å². The molecule has 13 heteroatoms. The molecular formula is C33H41ClN2O10. The number of aliphatic carboxylic acids is 2. The quantitative estimate of drug-likeness (QED) is 0.265. The van der Waals surface area contributed by atoms with Gasteiger partial charge in [0.15, 0.2) is 23.0 Å². The van der Waals surface area contributed by atoms with E-state index >= 15 is 0 Å². The van der Waals surface area contributed by atoms with Crippen molar-refractivity contribution < 1.29 is 48.3 Å². The van der Waals surface area contributed by atoms with Crippen LogP contribution < -0.4 is 18.9 Å². The molecule has 250 valence electrons. The Balaban J connectivity index is 1.39. The van der Waals surface area contributed by atoms with E-state index in [-0.39, 0.29) is 43.8 Å². The zero-order valence-electron chi connectivity index (χ0n) is 27.0. The smallest absolute Gasteiger partial charge is 0.306 e. The molecule has 46 heavy (non-hydrogen) atoms. The summed E-state index contributed by atoms with van der Waals surface area (Å²) < 4.78 is 23.4. The number of hydrogen-bond acceptors (Lipinski definition) is 8. The maximum absolute atomic E-state index is 13.0. The van der Waals surface area contributed by atoms with Crippen LogP contribution in [0.1, 0.15) is 73.9 Å². The topological polar surface area (TPSA) is 152 Å². The third-order valence-electron chi connectivity index (χ3n) is 8.64. The number of hydrogen-bond donors (Lipinski definition) is 2. The van der Waals surface area contributed by atoms with E-state index in [2.05, 4.69) is 0 Å². The maximum Gasteiger partial charge on any atom is 0.306 e. The fraction of sp³-hybridized carbons (Fsp3) is 0.515. The van der Waals surface area contributed by atoms with Crippen molar-refractivity contribution in [3.63, 3.8) is 0 Å². The number of benzene rings is 2. The highest BCUT2D eigenvalue weighted by atomic mass is 35.5. The molecule has 0 radical (unpaired) electrons. The molecule has 2 aliphatic rings. The molecule has 0 saturated carbocycles. The minimum absolute atomic E-state index is 0.0646. The van der Waals surface area contributed by atoms with Gasteiger partial charge in [0.1, 0.15) is 0 Å². The van der Waals surface area contributed by atoms with E-state index < -0.39 is 23.8 Å². The summed E-state index contributed by atoms with van der Waals surface area (Å²) in [6.45, 7) is 8.37. The number of carboxylic acids is 2. The molecule has 12 nitrogen and oxygen atoms in total. The Morgan fingerprint density at radius 2 is 1.43 bits per heavy atom. The first kappa shape index (κ1) is 34.7. The number of carbonyl (C=O) groups excluding carboxylic acids is 2. The zero-order chi connectivity index (χ0) is 33.9. The third kappa shape index (κ3) is 7.11. The molecule has 2 amide bonds. The van der Waals surface area contributed by atoms with Gasteiger partial charge in [0.05, 0.1) is 50.3 Å². The third-order valence-corrected chi connectivity index (χ3v) is 9.04. The van der Waals surface area contributed by atoms with E-state index in [1.54, 1.807) is 16.9 Å². The van der Waals surface area contributed by atoms with Gasteiger partial charge < -0.3 is 39.0 Å². The molecule has 0 spiro atoms. The van der Waals surface area contributed by atoms with Gasteiger partial charge in [-0.25, -0.2) is 0 Å². The van der Waals surface area contributed by atoms with Gasteiger partial charge in [0, 0.05) is 44.5 Å². The first-order valence-electron chi connectivity index (χ1n) is 15.2. The van der Waals surface area contributed by atoms with Gasteiger partial charge in [-0.3, -0.25) is 19.2 Å². The van der Waals surface area contributed by atoms with Crippen LogP contribution in [-0.2, 0) is 38.8 Å². The Morgan fingerprint density at radius 1 is 0.870 bits per heavy atom. The van der Waals surface area contributed by atoms with Crippen LogP contribution >= 0.6 is 11.6 Å². The zero-order valence-corrected chi connectivity index (χ0v) is 27.7. The van der Waals surface area contributed by atoms with Crippen molar-refractivity contribution in [3.05, 3.63) is 45.0 Å². The number of ether oxygens (including phenoxy) is 4. The van der Waals surface area contributed by atoms with Crippen molar-refractivity contribution in [2.45, 2.75) is 72.6 Å². The van der Waals surface area contributed by atoms with Gasteiger partial charge in [-0.15, -0.1) is 0 Å². The summed E-state index contributed by atoms with van der Waals surface area (Å²) in [6.07, 6.45) is 0.329. The van der Waals surface area contributed by atoms with Crippen LogP contribution in [0.5, 0.6) is 23.0 Å². The number of amides is 2. The molecule has 3 atom stereocenters. The average Bonchev–Trinajstić information content (AvgIpc) is 3.59. The Bertz CT molecular complexity index is 1530. The van der Waals surface area contributed by atoms with Gasteiger partial charge >= 0.3 is 11.9 Å². The number of halogens is 1. The number of fused-ring (bicyclic) bond motifs is 2. The molecule has 0 fully saturated rings. The Hall–Kier alpha value is -4.19. The van der Waals surface area contributed by atoms with Gasteiger partial charge in [0.25, 0.3) is 0 Å². The van der Waals surface area contributed by atoms with Crippen LogP contribution in [0.25, 0.3) is 0 Å². The normalized spacial score (nSPS) is 16.4. The summed E-state index contributed by atoms with van der Waals surface area (Å²) in [5, 5.41) is 18.8. The fourth-order valence-corrected chi connectivity index (χ4v) is 6.26. The average molecular weight is 661 g/mol. The first-order valence-corrected chi connectivity index (χ1v) is 15.5. The fourth-order valence-electron chi connectivity index (χ4n) is 5.93. The van der Waals surface area contributed by atoms with Crippen LogP contribution in [0.4, 0.5) is 0 Å². The SMILES string of the molecule is COc1cc2c(cc1OCCCOc1c(C)c3c(c(Cl)c1OC)CN(C(=O)CC(C)C(=O)O)C3C)CN(C(=O)CC(C)C(=O)O)C2. The summed E-state index contributed by atoms with van der Waals surface area (Å²) in [5.41, 5.74) is 4.25. The summed E-state index contributed by atoms with van der Waals surface area (Å²) in [6, 6.07) is 3.37. The van der Waals surface area contributed by atoms with Crippen LogP contribution in [0.2, 0.25) is 5.02 Å². The highest BCUT2D eigenvalue weighted by Crippen LogP contribution is 2.50. The molecule has 2 aromatic rings. The molecule has 2 aliphatic heterocycles. The van der Waals surface area contributed by atoms with E-state index in [0.29, 0.717) is 54.1 Å². The molecule has 0 aromatic heterocycles. The molecule has 0 saturated heterocycles. The highest BCUT2D eigenvalue weighted by Gasteiger charge is 2.37. The molecule has 2 aromatic carbocycles. The standard InChI is InChI=1S/C33H41ClN2O10/c1-17(32(39)40)10-26(37)35-14-21-12-24(43-5)25(13-22(21)15-35)45-8-7-9-46-30-19(3)28-20(4)36(27(38)11-18(2)33(41)42)16-23(28)29(34)31(30)44-6/h12-13,17-18,20H,7-11,14-16H2,1-6H3,(H,39,40)(H,41,42). The van der Waals surface area contributed by atoms with Crippen molar-refractivity contribution in [3.8, 4) is 23.0 Å². The summed E-state index contributed by atoms with van der Waals surface area (Å²) in [7, 11) is 3.04. The Kier molecular flexibility index (Phi) is 10.9. The van der Waals surface area contributed by atoms with E-state index in [1.165, 1.54) is 21.0 Å². The van der Waals surface area contributed by atoms with Crippen LogP contribution in [0, 0.1) is 18.8 Å². The van der Waals surface area contributed by atoms with Gasteiger partial charge in [-0.05, 0) is 48.2 Å². The molecular weight excluding hydrogens is 620 g/mol. The second-order valence-corrected chi connectivity index (χ2v) is 12.2. The maximum atomic E-state index is 13.0. The number of methoxy groups -OCH3 is 2. The van der Waals surface area contributed by atoms with Crippen molar-refractivity contribution in [2.75, 3.05) is 27.4 Å². The highest BCUT2D eigenvalue weighted by molar-refractivity contribution is 6.33. The van der Waals surface area contributed by atoms with Crippen molar-refractivity contribution >= 4 is 35.4 Å².